The number of hydrogen-bond donors (Lipinski definition) is 2. The third-order valence-electron chi connectivity index (χ3n) is 3.95. The number of rotatable bonds is 8. The molecule has 0 heterocycles. The molecule has 1 saturated carbocycles. The molecule has 5 heteroatoms. The van der Waals surface area contributed by atoms with Gasteiger partial charge in [0.25, 0.3) is 0 Å². The molecular formula is C16H26N2O2S. The first-order chi connectivity index (χ1) is 9.88. The van der Waals surface area contributed by atoms with Crippen molar-refractivity contribution in [3.05, 3.63) is 29.8 Å². The SMILES string of the molecule is CC(C)NCc1cccc(S(=O)(=O)NCC(C)C2CC2)c1. The van der Waals surface area contributed by atoms with Crippen molar-refractivity contribution in [2.45, 2.75) is 51.1 Å². The summed E-state index contributed by atoms with van der Waals surface area (Å²) < 4.78 is 27.4. The molecule has 1 atom stereocenters. The van der Waals surface area contributed by atoms with Gasteiger partial charge in [0.05, 0.1) is 4.90 Å². The Labute approximate surface area is 128 Å². The standard InChI is InChI=1S/C16H26N2O2S/c1-12(2)17-11-14-5-4-6-16(9-14)21(19,20)18-10-13(3)15-7-8-15/h4-6,9,12-13,15,17-18H,7-8,10-11H2,1-3H3. The van der Waals surface area contributed by atoms with E-state index < -0.39 is 10.0 Å². The highest BCUT2D eigenvalue weighted by atomic mass is 32.2. The lowest BCUT2D eigenvalue weighted by molar-refractivity contribution is 0.492. The Bertz CT molecular complexity index is 565. The van der Waals surface area contributed by atoms with E-state index in [1.54, 1.807) is 18.2 Å². The van der Waals surface area contributed by atoms with Crippen LogP contribution in [0.2, 0.25) is 0 Å². The summed E-state index contributed by atoms with van der Waals surface area (Å²) in [6.45, 7) is 7.47. The first kappa shape index (κ1) is 16.5. The maximum Gasteiger partial charge on any atom is 0.240 e. The predicted octanol–water partition coefficient (Wildman–Crippen LogP) is 2.51. The average Bonchev–Trinajstić information content (AvgIpc) is 3.27. The molecule has 0 radical (unpaired) electrons. The maximum atomic E-state index is 12.3. The van der Waals surface area contributed by atoms with E-state index in [-0.39, 0.29) is 0 Å². The van der Waals surface area contributed by atoms with Gasteiger partial charge in [-0.05, 0) is 42.4 Å². The van der Waals surface area contributed by atoms with Gasteiger partial charge in [-0.25, -0.2) is 13.1 Å². The predicted molar refractivity (Wildman–Crippen MR) is 85.5 cm³/mol. The van der Waals surface area contributed by atoms with Gasteiger partial charge in [-0.1, -0.05) is 32.9 Å². The van der Waals surface area contributed by atoms with Gasteiger partial charge in [-0.2, -0.15) is 0 Å². The molecule has 2 rings (SSSR count). The van der Waals surface area contributed by atoms with Crippen LogP contribution in [-0.2, 0) is 16.6 Å². The fourth-order valence-corrected chi connectivity index (χ4v) is 3.51. The Morgan fingerprint density at radius 2 is 1.95 bits per heavy atom. The van der Waals surface area contributed by atoms with Crippen molar-refractivity contribution >= 4 is 10.0 Å². The fraction of sp³-hybridized carbons (Fsp3) is 0.625. The molecule has 0 amide bonds. The molecule has 0 aromatic heterocycles. The van der Waals surface area contributed by atoms with Crippen molar-refractivity contribution in [1.82, 2.24) is 10.0 Å². The van der Waals surface area contributed by atoms with Crippen LogP contribution in [-0.4, -0.2) is 21.0 Å². The van der Waals surface area contributed by atoms with E-state index in [1.807, 2.05) is 6.07 Å². The van der Waals surface area contributed by atoms with E-state index in [4.69, 9.17) is 0 Å². The summed E-state index contributed by atoms with van der Waals surface area (Å²) in [5.41, 5.74) is 0.988. The molecule has 21 heavy (non-hydrogen) atoms. The molecule has 1 unspecified atom stereocenters. The second kappa shape index (κ2) is 6.90. The molecular weight excluding hydrogens is 284 g/mol. The van der Waals surface area contributed by atoms with Crippen LogP contribution >= 0.6 is 0 Å². The van der Waals surface area contributed by atoms with Crippen LogP contribution < -0.4 is 10.0 Å². The molecule has 0 bridgehead atoms. The molecule has 118 valence electrons. The minimum Gasteiger partial charge on any atom is -0.310 e. The van der Waals surface area contributed by atoms with Crippen molar-refractivity contribution in [3.63, 3.8) is 0 Å². The van der Waals surface area contributed by atoms with E-state index in [9.17, 15) is 8.42 Å². The summed E-state index contributed by atoms with van der Waals surface area (Å²) in [5, 5.41) is 3.30. The summed E-state index contributed by atoms with van der Waals surface area (Å²) in [4.78, 5) is 0.355. The number of hydrogen-bond acceptors (Lipinski definition) is 3. The minimum absolute atomic E-state index is 0.355. The normalized spacial score (nSPS) is 17.1. The third kappa shape index (κ3) is 5.09. The van der Waals surface area contributed by atoms with E-state index >= 15 is 0 Å². The number of benzene rings is 1. The van der Waals surface area contributed by atoms with Gasteiger partial charge in [-0.15, -0.1) is 0 Å². The zero-order valence-electron chi connectivity index (χ0n) is 13.1. The van der Waals surface area contributed by atoms with Crippen molar-refractivity contribution in [3.8, 4) is 0 Å². The Hall–Kier alpha value is -0.910. The van der Waals surface area contributed by atoms with Gasteiger partial charge in [-0.3, -0.25) is 0 Å². The van der Waals surface area contributed by atoms with Crippen LogP contribution in [0.3, 0.4) is 0 Å². The molecule has 0 spiro atoms. The summed E-state index contributed by atoms with van der Waals surface area (Å²) in [6, 6.07) is 7.53. The molecule has 1 aliphatic carbocycles. The van der Waals surface area contributed by atoms with Crippen LogP contribution in [0, 0.1) is 11.8 Å². The fourth-order valence-electron chi connectivity index (χ4n) is 2.30. The maximum absolute atomic E-state index is 12.3. The van der Waals surface area contributed by atoms with Gasteiger partial charge < -0.3 is 5.32 Å². The van der Waals surface area contributed by atoms with Crippen molar-refractivity contribution in [1.29, 1.82) is 0 Å². The lowest BCUT2D eigenvalue weighted by Gasteiger charge is -2.13. The zero-order chi connectivity index (χ0) is 15.5. The van der Waals surface area contributed by atoms with Crippen LogP contribution in [0.25, 0.3) is 0 Å². The highest BCUT2D eigenvalue weighted by Crippen LogP contribution is 2.36. The number of sulfonamides is 1. The molecule has 4 nitrogen and oxygen atoms in total. The second-order valence-corrected chi connectivity index (χ2v) is 8.12. The van der Waals surface area contributed by atoms with Crippen LogP contribution in [0.1, 0.15) is 39.2 Å². The van der Waals surface area contributed by atoms with Crippen molar-refractivity contribution in [2.24, 2.45) is 11.8 Å². The lowest BCUT2D eigenvalue weighted by Crippen LogP contribution is -2.29. The molecule has 1 aromatic rings. The molecule has 2 N–H and O–H groups in total. The first-order valence-corrected chi connectivity index (χ1v) is 9.19. The Kier molecular flexibility index (Phi) is 5.41. The van der Waals surface area contributed by atoms with Gasteiger partial charge >= 0.3 is 0 Å². The Morgan fingerprint density at radius 3 is 2.57 bits per heavy atom. The monoisotopic (exact) mass is 310 g/mol. The molecule has 0 aliphatic heterocycles. The van der Waals surface area contributed by atoms with Gasteiger partial charge in [0.15, 0.2) is 0 Å². The van der Waals surface area contributed by atoms with Crippen LogP contribution in [0.15, 0.2) is 29.2 Å². The average molecular weight is 310 g/mol. The Balaban J connectivity index is 1.99. The minimum atomic E-state index is -3.40. The largest absolute Gasteiger partial charge is 0.310 e. The zero-order valence-corrected chi connectivity index (χ0v) is 13.9. The molecule has 1 fully saturated rings. The van der Waals surface area contributed by atoms with Crippen LogP contribution in [0.5, 0.6) is 0 Å². The molecule has 1 aromatic carbocycles. The summed E-state index contributed by atoms with van der Waals surface area (Å²) in [5.74, 6) is 1.12. The smallest absolute Gasteiger partial charge is 0.240 e. The number of nitrogens with one attached hydrogen (secondary N) is 2. The van der Waals surface area contributed by atoms with Crippen LogP contribution in [0.4, 0.5) is 0 Å². The van der Waals surface area contributed by atoms with Gasteiger partial charge in [0.1, 0.15) is 0 Å². The Morgan fingerprint density at radius 1 is 1.24 bits per heavy atom. The van der Waals surface area contributed by atoms with Gasteiger partial charge in [0.2, 0.25) is 10.0 Å². The quantitative estimate of drug-likeness (QED) is 0.775. The molecule has 1 aliphatic rings. The van der Waals surface area contributed by atoms with Crippen molar-refractivity contribution < 1.29 is 8.42 Å². The summed E-state index contributed by atoms with van der Waals surface area (Å²) >= 11 is 0. The van der Waals surface area contributed by atoms with E-state index in [2.05, 4.69) is 30.8 Å². The second-order valence-electron chi connectivity index (χ2n) is 6.35. The molecule has 0 saturated heterocycles. The highest BCUT2D eigenvalue weighted by molar-refractivity contribution is 7.89. The summed E-state index contributed by atoms with van der Waals surface area (Å²) in [6.07, 6.45) is 2.47. The highest BCUT2D eigenvalue weighted by Gasteiger charge is 2.28. The topological polar surface area (TPSA) is 58.2 Å². The van der Waals surface area contributed by atoms with E-state index in [0.29, 0.717) is 35.9 Å². The van der Waals surface area contributed by atoms with E-state index in [1.165, 1.54) is 12.8 Å². The van der Waals surface area contributed by atoms with Gasteiger partial charge in [0, 0.05) is 19.1 Å². The first-order valence-electron chi connectivity index (χ1n) is 7.70. The summed E-state index contributed by atoms with van der Waals surface area (Å²) in [7, 11) is -3.40. The third-order valence-corrected chi connectivity index (χ3v) is 5.37. The van der Waals surface area contributed by atoms with E-state index in [0.717, 1.165) is 5.56 Å². The lowest BCUT2D eigenvalue weighted by atomic mass is 10.1. The van der Waals surface area contributed by atoms with Crippen molar-refractivity contribution in [2.75, 3.05) is 6.54 Å².